The van der Waals surface area contributed by atoms with E-state index in [4.69, 9.17) is 4.74 Å². The zero-order valence-corrected chi connectivity index (χ0v) is 13.8. The lowest BCUT2D eigenvalue weighted by Gasteiger charge is -2.15. The van der Waals surface area contributed by atoms with E-state index in [1.807, 2.05) is 6.08 Å². The summed E-state index contributed by atoms with van der Waals surface area (Å²) in [6, 6.07) is 4.96. The van der Waals surface area contributed by atoms with Crippen LogP contribution >= 0.6 is 12.4 Å². The van der Waals surface area contributed by atoms with Crippen LogP contribution in [0.25, 0.3) is 0 Å². The highest BCUT2D eigenvalue weighted by Crippen LogP contribution is 2.21. The van der Waals surface area contributed by atoms with Crippen molar-refractivity contribution in [2.45, 2.75) is 18.2 Å². The second kappa shape index (κ2) is 7.79. The van der Waals surface area contributed by atoms with Gasteiger partial charge >= 0.3 is 0 Å². The van der Waals surface area contributed by atoms with Gasteiger partial charge in [0.15, 0.2) is 0 Å². The standard InChI is InChI=1S/C14H20N2O3S.ClH/c1-11-9-13(19-2)3-4-14(11)20(17,18)16-10-12-5-7-15-8-6-12;/h3-5,9,15-16H,6-8,10H2,1-2H3;1H. The number of halogens is 1. The summed E-state index contributed by atoms with van der Waals surface area (Å²) < 4.78 is 32.3. The van der Waals surface area contributed by atoms with Crippen LogP contribution in [0.5, 0.6) is 5.75 Å². The molecule has 0 fully saturated rings. The molecule has 0 radical (unpaired) electrons. The molecule has 2 rings (SSSR count). The molecule has 0 bridgehead atoms. The Morgan fingerprint density at radius 1 is 1.38 bits per heavy atom. The summed E-state index contributed by atoms with van der Waals surface area (Å²) in [6.07, 6.45) is 2.91. The summed E-state index contributed by atoms with van der Waals surface area (Å²) in [6.45, 7) is 3.84. The molecular formula is C14H21ClN2O3S. The van der Waals surface area contributed by atoms with Crippen molar-refractivity contribution in [3.8, 4) is 5.75 Å². The number of ether oxygens (including phenoxy) is 1. The van der Waals surface area contributed by atoms with Gasteiger partial charge in [0.25, 0.3) is 0 Å². The maximum atomic E-state index is 12.3. The summed E-state index contributed by atoms with van der Waals surface area (Å²) >= 11 is 0. The summed E-state index contributed by atoms with van der Waals surface area (Å²) in [7, 11) is -1.92. The highest BCUT2D eigenvalue weighted by molar-refractivity contribution is 7.89. The van der Waals surface area contributed by atoms with Crippen molar-refractivity contribution in [1.82, 2.24) is 10.0 Å². The van der Waals surface area contributed by atoms with Crippen molar-refractivity contribution in [2.75, 3.05) is 26.7 Å². The molecule has 0 saturated carbocycles. The van der Waals surface area contributed by atoms with Gasteiger partial charge in [-0.2, -0.15) is 0 Å². The summed E-state index contributed by atoms with van der Waals surface area (Å²) in [5, 5.41) is 3.20. The minimum atomic E-state index is -3.48. The second-order valence-electron chi connectivity index (χ2n) is 4.77. The average Bonchev–Trinajstić information content (AvgIpc) is 2.46. The average molecular weight is 333 g/mol. The third kappa shape index (κ3) is 4.71. The molecule has 7 heteroatoms. The van der Waals surface area contributed by atoms with Crippen LogP contribution < -0.4 is 14.8 Å². The minimum absolute atomic E-state index is 0. The van der Waals surface area contributed by atoms with Gasteiger partial charge in [0.1, 0.15) is 5.75 Å². The van der Waals surface area contributed by atoms with Crippen LogP contribution in [0.3, 0.4) is 0 Å². The minimum Gasteiger partial charge on any atom is -0.497 e. The van der Waals surface area contributed by atoms with E-state index >= 15 is 0 Å². The summed E-state index contributed by atoms with van der Waals surface area (Å²) in [5.41, 5.74) is 1.80. The third-order valence-corrected chi connectivity index (χ3v) is 4.88. The normalized spacial score (nSPS) is 15.0. The lowest BCUT2D eigenvalue weighted by atomic mass is 10.1. The van der Waals surface area contributed by atoms with Crippen molar-refractivity contribution in [2.24, 2.45) is 0 Å². The molecule has 0 atom stereocenters. The summed E-state index contributed by atoms with van der Waals surface area (Å²) in [5.74, 6) is 0.655. The Bertz CT molecular complexity index is 615. The maximum Gasteiger partial charge on any atom is 0.241 e. The van der Waals surface area contributed by atoms with Gasteiger partial charge in [-0.25, -0.2) is 13.1 Å². The number of benzene rings is 1. The van der Waals surface area contributed by atoms with Crippen LogP contribution in [0, 0.1) is 6.92 Å². The van der Waals surface area contributed by atoms with E-state index in [0.29, 0.717) is 22.8 Å². The largest absolute Gasteiger partial charge is 0.497 e. The third-order valence-electron chi connectivity index (χ3n) is 3.32. The number of sulfonamides is 1. The second-order valence-corrected chi connectivity index (χ2v) is 6.51. The molecular weight excluding hydrogens is 312 g/mol. The predicted octanol–water partition coefficient (Wildman–Crippen LogP) is 1.62. The first kappa shape index (κ1) is 18.0. The maximum absolute atomic E-state index is 12.3. The van der Waals surface area contributed by atoms with E-state index < -0.39 is 10.0 Å². The zero-order chi connectivity index (χ0) is 14.6. The quantitative estimate of drug-likeness (QED) is 0.804. The highest BCUT2D eigenvalue weighted by atomic mass is 35.5. The fraction of sp³-hybridized carbons (Fsp3) is 0.429. The van der Waals surface area contributed by atoms with Crippen LogP contribution in [0.2, 0.25) is 0 Å². The molecule has 1 aliphatic rings. The fourth-order valence-corrected chi connectivity index (χ4v) is 3.41. The SMILES string of the molecule is COc1ccc(S(=O)(=O)NCC2=CCNCC2)c(C)c1.Cl. The van der Waals surface area contributed by atoms with Gasteiger partial charge in [-0.3, -0.25) is 0 Å². The van der Waals surface area contributed by atoms with Crippen molar-refractivity contribution >= 4 is 22.4 Å². The molecule has 0 amide bonds. The molecule has 0 aliphatic carbocycles. The van der Waals surface area contributed by atoms with Gasteiger partial charge < -0.3 is 10.1 Å². The molecule has 0 spiro atoms. The van der Waals surface area contributed by atoms with Crippen LogP contribution in [-0.2, 0) is 10.0 Å². The lowest BCUT2D eigenvalue weighted by molar-refractivity contribution is 0.414. The monoisotopic (exact) mass is 332 g/mol. The predicted molar refractivity (Wildman–Crippen MR) is 85.7 cm³/mol. The topological polar surface area (TPSA) is 67.4 Å². The number of hydrogen-bond donors (Lipinski definition) is 2. The first-order valence-electron chi connectivity index (χ1n) is 6.56. The Morgan fingerprint density at radius 2 is 2.14 bits per heavy atom. The van der Waals surface area contributed by atoms with E-state index in [9.17, 15) is 8.42 Å². The Morgan fingerprint density at radius 3 is 2.71 bits per heavy atom. The zero-order valence-electron chi connectivity index (χ0n) is 12.2. The van der Waals surface area contributed by atoms with E-state index in [1.165, 1.54) is 0 Å². The Labute approximate surface area is 132 Å². The van der Waals surface area contributed by atoms with E-state index in [-0.39, 0.29) is 12.4 Å². The molecule has 1 aromatic carbocycles. The number of hydrogen-bond acceptors (Lipinski definition) is 4. The lowest BCUT2D eigenvalue weighted by Crippen LogP contribution is -2.30. The molecule has 0 unspecified atom stereocenters. The van der Waals surface area contributed by atoms with E-state index in [0.717, 1.165) is 25.1 Å². The molecule has 0 aromatic heterocycles. The van der Waals surface area contributed by atoms with Crippen LogP contribution in [0.15, 0.2) is 34.7 Å². The van der Waals surface area contributed by atoms with Crippen molar-refractivity contribution < 1.29 is 13.2 Å². The molecule has 0 saturated heterocycles. The Balaban J connectivity index is 0.00000220. The van der Waals surface area contributed by atoms with E-state index in [2.05, 4.69) is 10.0 Å². The molecule has 118 valence electrons. The number of rotatable bonds is 5. The van der Waals surface area contributed by atoms with Gasteiger partial charge in [-0.15, -0.1) is 12.4 Å². The molecule has 1 heterocycles. The summed E-state index contributed by atoms with van der Waals surface area (Å²) in [4.78, 5) is 0.299. The van der Waals surface area contributed by atoms with Crippen molar-refractivity contribution in [3.63, 3.8) is 0 Å². The Hall–Kier alpha value is -1.08. The van der Waals surface area contributed by atoms with E-state index in [1.54, 1.807) is 32.2 Å². The van der Waals surface area contributed by atoms with Gasteiger partial charge in [0.05, 0.1) is 12.0 Å². The molecule has 21 heavy (non-hydrogen) atoms. The van der Waals surface area contributed by atoms with Gasteiger partial charge in [-0.1, -0.05) is 11.6 Å². The molecule has 5 nitrogen and oxygen atoms in total. The van der Waals surface area contributed by atoms with Crippen LogP contribution in [0.1, 0.15) is 12.0 Å². The van der Waals surface area contributed by atoms with Gasteiger partial charge in [-0.05, 0) is 43.7 Å². The first-order valence-corrected chi connectivity index (χ1v) is 8.04. The van der Waals surface area contributed by atoms with Crippen LogP contribution in [0.4, 0.5) is 0 Å². The molecule has 1 aliphatic heterocycles. The fourth-order valence-electron chi connectivity index (χ4n) is 2.15. The van der Waals surface area contributed by atoms with Crippen LogP contribution in [-0.4, -0.2) is 35.2 Å². The molecule has 2 N–H and O–H groups in total. The van der Waals surface area contributed by atoms with Gasteiger partial charge in [0.2, 0.25) is 10.0 Å². The number of methoxy groups -OCH3 is 1. The Kier molecular flexibility index (Phi) is 6.67. The number of aryl methyl sites for hydroxylation is 1. The number of nitrogens with one attached hydrogen (secondary N) is 2. The molecule has 1 aromatic rings. The first-order chi connectivity index (χ1) is 9.53. The van der Waals surface area contributed by atoms with Crippen molar-refractivity contribution in [1.29, 1.82) is 0 Å². The smallest absolute Gasteiger partial charge is 0.241 e. The van der Waals surface area contributed by atoms with Crippen molar-refractivity contribution in [3.05, 3.63) is 35.4 Å². The highest BCUT2D eigenvalue weighted by Gasteiger charge is 2.17. The van der Waals surface area contributed by atoms with Gasteiger partial charge in [0, 0.05) is 13.1 Å².